The molecule has 0 heterocycles. The second kappa shape index (κ2) is 11.8. The van der Waals surface area contributed by atoms with Gasteiger partial charge in [-0.05, 0) is 47.7 Å². The van der Waals surface area contributed by atoms with Crippen LogP contribution >= 0.6 is 0 Å². The van der Waals surface area contributed by atoms with E-state index in [-0.39, 0.29) is 22.9 Å². The molecule has 1 atom stereocenters. The van der Waals surface area contributed by atoms with E-state index in [1.54, 1.807) is 24.3 Å². The van der Waals surface area contributed by atoms with Crippen molar-refractivity contribution in [2.75, 3.05) is 0 Å². The van der Waals surface area contributed by atoms with Crippen LogP contribution in [-0.4, -0.2) is 14.3 Å². The maximum Gasteiger partial charge on any atom is 0.241 e. The van der Waals surface area contributed by atoms with Crippen molar-refractivity contribution >= 4 is 15.9 Å². The summed E-state index contributed by atoms with van der Waals surface area (Å²) in [4.78, 5) is 13.0. The number of benzene rings is 4. The van der Waals surface area contributed by atoms with Crippen molar-refractivity contribution in [2.24, 2.45) is 0 Å². The fraction of sp³-hybridized carbons (Fsp3) is 0.167. The van der Waals surface area contributed by atoms with E-state index in [0.29, 0.717) is 12.8 Å². The highest BCUT2D eigenvalue weighted by Crippen LogP contribution is 2.22. The molecule has 0 saturated carbocycles. The Hall–Kier alpha value is -3.74. The first kappa shape index (κ1) is 25.4. The van der Waals surface area contributed by atoms with Gasteiger partial charge in [0.1, 0.15) is 0 Å². The second-order valence-corrected chi connectivity index (χ2v) is 10.4. The Kier molecular flexibility index (Phi) is 8.31. The molecule has 36 heavy (non-hydrogen) atoms. The van der Waals surface area contributed by atoms with E-state index < -0.39 is 10.0 Å². The van der Waals surface area contributed by atoms with Crippen LogP contribution in [0.25, 0.3) is 0 Å². The second-order valence-electron chi connectivity index (χ2n) is 8.72. The molecular formula is C30H30N2O3S. The quantitative estimate of drug-likeness (QED) is 0.300. The summed E-state index contributed by atoms with van der Waals surface area (Å²) in [6.45, 7) is 1.82. The molecule has 0 aliphatic carbocycles. The van der Waals surface area contributed by atoms with Gasteiger partial charge in [0, 0.05) is 12.5 Å². The van der Waals surface area contributed by atoms with Gasteiger partial charge in [-0.2, -0.15) is 0 Å². The van der Waals surface area contributed by atoms with Crippen molar-refractivity contribution in [3.63, 3.8) is 0 Å². The zero-order valence-electron chi connectivity index (χ0n) is 20.2. The summed E-state index contributed by atoms with van der Waals surface area (Å²) in [5.74, 6) is -0.0669. The average molecular weight is 499 g/mol. The lowest BCUT2D eigenvalue weighted by Gasteiger charge is -2.20. The molecule has 0 aromatic heterocycles. The maximum absolute atomic E-state index is 12.8. The number of hydrogen-bond acceptors (Lipinski definition) is 3. The first-order valence-corrected chi connectivity index (χ1v) is 13.5. The van der Waals surface area contributed by atoms with Gasteiger partial charge >= 0.3 is 0 Å². The maximum atomic E-state index is 12.8. The van der Waals surface area contributed by atoms with Gasteiger partial charge in [0.15, 0.2) is 0 Å². The van der Waals surface area contributed by atoms with E-state index in [9.17, 15) is 13.2 Å². The van der Waals surface area contributed by atoms with Crippen LogP contribution in [0.5, 0.6) is 0 Å². The summed E-state index contributed by atoms with van der Waals surface area (Å²) < 4.78 is 28.3. The summed E-state index contributed by atoms with van der Waals surface area (Å²) in [6, 6.07) is 35.3. The molecule has 1 amide bonds. The molecule has 0 saturated heterocycles. The molecule has 0 aliphatic rings. The van der Waals surface area contributed by atoms with Crippen LogP contribution in [0.3, 0.4) is 0 Å². The lowest BCUT2D eigenvalue weighted by Crippen LogP contribution is -2.29. The molecule has 6 heteroatoms. The predicted molar refractivity (Wildman–Crippen MR) is 143 cm³/mol. The van der Waals surface area contributed by atoms with Crippen LogP contribution in [-0.2, 0) is 21.2 Å². The molecule has 0 bridgehead atoms. The van der Waals surface area contributed by atoms with Gasteiger partial charge in [0.25, 0.3) is 0 Å². The van der Waals surface area contributed by atoms with Crippen LogP contribution in [0.4, 0.5) is 0 Å². The van der Waals surface area contributed by atoms with Crippen molar-refractivity contribution in [3.8, 4) is 0 Å². The summed E-state index contributed by atoms with van der Waals surface area (Å²) in [5, 5.41) is 3.15. The highest BCUT2D eigenvalue weighted by molar-refractivity contribution is 7.89. The molecule has 0 spiro atoms. The van der Waals surface area contributed by atoms with Crippen LogP contribution < -0.4 is 10.0 Å². The molecule has 184 valence electrons. The van der Waals surface area contributed by atoms with E-state index in [4.69, 9.17) is 0 Å². The summed E-state index contributed by atoms with van der Waals surface area (Å²) in [5.41, 5.74) is 3.83. The highest BCUT2D eigenvalue weighted by Gasteiger charge is 2.19. The normalized spacial score (nSPS) is 12.3. The van der Waals surface area contributed by atoms with Crippen LogP contribution in [0, 0.1) is 0 Å². The van der Waals surface area contributed by atoms with Crippen molar-refractivity contribution in [1.82, 2.24) is 10.0 Å². The monoisotopic (exact) mass is 498 g/mol. The predicted octanol–water partition coefficient (Wildman–Crippen LogP) is 5.56. The molecule has 4 aromatic carbocycles. The Balaban J connectivity index is 1.37. The minimum absolute atomic E-state index is 0.0669. The third-order valence-corrected chi connectivity index (χ3v) is 7.63. The van der Waals surface area contributed by atoms with Gasteiger partial charge in [0.2, 0.25) is 15.9 Å². The fourth-order valence-electron chi connectivity index (χ4n) is 4.09. The largest absolute Gasteiger partial charge is 0.345 e. The third kappa shape index (κ3) is 6.68. The van der Waals surface area contributed by atoms with Gasteiger partial charge in [-0.15, -0.1) is 0 Å². The summed E-state index contributed by atoms with van der Waals surface area (Å²) >= 11 is 0. The molecule has 0 fully saturated rings. The Labute approximate surface area is 213 Å². The van der Waals surface area contributed by atoms with E-state index in [1.165, 1.54) is 0 Å². The van der Waals surface area contributed by atoms with Gasteiger partial charge in [-0.3, -0.25) is 4.79 Å². The SMILES string of the molecule is C[C@@H](NS(=O)(=O)c1ccc(CCC(=O)NC(c2ccccc2)c2ccccc2)cc1)c1ccccc1. The lowest BCUT2D eigenvalue weighted by atomic mass is 9.98. The van der Waals surface area contributed by atoms with Crippen molar-refractivity contribution in [1.29, 1.82) is 0 Å². The number of nitrogens with one attached hydrogen (secondary N) is 2. The molecule has 0 aliphatic heterocycles. The van der Waals surface area contributed by atoms with Crippen LogP contribution in [0.15, 0.2) is 120 Å². The number of amides is 1. The first-order chi connectivity index (χ1) is 17.4. The minimum Gasteiger partial charge on any atom is -0.345 e. The zero-order chi connectivity index (χ0) is 25.4. The average Bonchev–Trinajstić information content (AvgIpc) is 2.92. The molecule has 4 aromatic rings. The Morgan fingerprint density at radius 3 is 1.67 bits per heavy atom. The van der Waals surface area contributed by atoms with Gasteiger partial charge in [-0.25, -0.2) is 13.1 Å². The smallest absolute Gasteiger partial charge is 0.241 e. The van der Waals surface area contributed by atoms with Gasteiger partial charge in [0.05, 0.1) is 10.9 Å². The van der Waals surface area contributed by atoms with E-state index in [1.807, 2.05) is 97.9 Å². The summed E-state index contributed by atoms with van der Waals surface area (Å²) in [7, 11) is -3.66. The Morgan fingerprint density at radius 1 is 0.694 bits per heavy atom. The Morgan fingerprint density at radius 2 is 1.17 bits per heavy atom. The summed E-state index contributed by atoms with van der Waals surface area (Å²) in [6.07, 6.45) is 0.807. The minimum atomic E-state index is -3.66. The van der Waals surface area contributed by atoms with Crippen molar-refractivity contribution in [3.05, 3.63) is 138 Å². The van der Waals surface area contributed by atoms with Crippen molar-refractivity contribution in [2.45, 2.75) is 36.7 Å². The number of hydrogen-bond donors (Lipinski definition) is 2. The van der Waals surface area contributed by atoms with E-state index in [0.717, 1.165) is 22.3 Å². The van der Waals surface area contributed by atoms with Crippen molar-refractivity contribution < 1.29 is 13.2 Å². The number of aryl methyl sites for hydroxylation is 1. The number of rotatable bonds is 10. The number of carbonyl (C=O) groups is 1. The van der Waals surface area contributed by atoms with E-state index in [2.05, 4.69) is 10.0 Å². The fourth-order valence-corrected chi connectivity index (χ4v) is 5.32. The molecule has 4 rings (SSSR count). The molecule has 0 radical (unpaired) electrons. The number of carbonyl (C=O) groups excluding carboxylic acids is 1. The standard InChI is InChI=1S/C30H30N2O3S/c1-23(25-11-5-2-6-12-25)32-36(34,35)28-20-17-24(18-21-28)19-22-29(33)31-30(26-13-7-3-8-14-26)27-15-9-4-10-16-27/h2-18,20-21,23,30,32H,19,22H2,1H3,(H,31,33)/t23-/m1/s1. The molecule has 2 N–H and O–H groups in total. The molecule has 5 nitrogen and oxygen atoms in total. The topological polar surface area (TPSA) is 75.3 Å². The molecule has 0 unspecified atom stereocenters. The lowest BCUT2D eigenvalue weighted by molar-refractivity contribution is -0.121. The number of sulfonamides is 1. The van der Waals surface area contributed by atoms with E-state index >= 15 is 0 Å². The third-order valence-electron chi connectivity index (χ3n) is 6.08. The van der Waals surface area contributed by atoms with Gasteiger partial charge < -0.3 is 5.32 Å². The molecular weight excluding hydrogens is 468 g/mol. The highest BCUT2D eigenvalue weighted by atomic mass is 32.2. The van der Waals surface area contributed by atoms with Crippen LogP contribution in [0.2, 0.25) is 0 Å². The van der Waals surface area contributed by atoms with Crippen LogP contribution in [0.1, 0.15) is 47.7 Å². The Bertz CT molecular complexity index is 1320. The zero-order valence-corrected chi connectivity index (χ0v) is 21.0. The van der Waals surface area contributed by atoms with Gasteiger partial charge in [-0.1, -0.05) is 103 Å². The first-order valence-electron chi connectivity index (χ1n) is 12.0.